The van der Waals surface area contributed by atoms with Crippen molar-refractivity contribution in [3.05, 3.63) is 0 Å². The SMILES string of the molecule is C1CCCC1.C1CCCC1.OCC1(CO)CCCC1. The largest absolute Gasteiger partial charge is 0.396 e. The van der Waals surface area contributed by atoms with Crippen LogP contribution in [0.4, 0.5) is 0 Å². The van der Waals surface area contributed by atoms with Gasteiger partial charge in [0.2, 0.25) is 0 Å². The lowest BCUT2D eigenvalue weighted by molar-refractivity contribution is 0.0606. The molecule has 0 radical (unpaired) electrons. The van der Waals surface area contributed by atoms with Gasteiger partial charge in [0.05, 0.1) is 13.2 Å². The van der Waals surface area contributed by atoms with E-state index >= 15 is 0 Å². The van der Waals surface area contributed by atoms with E-state index < -0.39 is 0 Å². The second-order valence-electron chi connectivity index (χ2n) is 6.56. The van der Waals surface area contributed by atoms with E-state index in [4.69, 9.17) is 10.2 Å². The summed E-state index contributed by atoms with van der Waals surface area (Å²) in [4.78, 5) is 0. The van der Waals surface area contributed by atoms with Gasteiger partial charge in [0.25, 0.3) is 0 Å². The molecule has 0 aromatic heterocycles. The predicted molar refractivity (Wildman–Crippen MR) is 81.2 cm³/mol. The van der Waals surface area contributed by atoms with Crippen LogP contribution in [0, 0.1) is 5.41 Å². The van der Waals surface area contributed by atoms with Gasteiger partial charge in [0.1, 0.15) is 0 Å². The lowest BCUT2D eigenvalue weighted by Gasteiger charge is -2.22. The molecule has 0 amide bonds. The average molecular weight is 270 g/mol. The minimum atomic E-state index is -0.111. The molecule has 2 nitrogen and oxygen atoms in total. The quantitative estimate of drug-likeness (QED) is 0.779. The van der Waals surface area contributed by atoms with Crippen molar-refractivity contribution < 1.29 is 10.2 Å². The van der Waals surface area contributed by atoms with Gasteiger partial charge in [-0.25, -0.2) is 0 Å². The second kappa shape index (κ2) is 10.7. The molecule has 0 aromatic carbocycles. The van der Waals surface area contributed by atoms with Crippen molar-refractivity contribution in [3.8, 4) is 0 Å². The summed E-state index contributed by atoms with van der Waals surface area (Å²) in [6, 6.07) is 0. The minimum absolute atomic E-state index is 0.111. The zero-order chi connectivity index (χ0) is 13.8. The van der Waals surface area contributed by atoms with Crippen molar-refractivity contribution in [2.45, 2.75) is 89.9 Å². The number of hydrogen-bond acceptors (Lipinski definition) is 2. The smallest absolute Gasteiger partial charge is 0.0509 e. The van der Waals surface area contributed by atoms with Crippen LogP contribution in [0.25, 0.3) is 0 Å². The van der Waals surface area contributed by atoms with Crippen molar-refractivity contribution in [2.24, 2.45) is 5.41 Å². The van der Waals surface area contributed by atoms with E-state index in [0.717, 1.165) is 12.8 Å². The van der Waals surface area contributed by atoms with Crippen LogP contribution in [-0.2, 0) is 0 Å². The zero-order valence-corrected chi connectivity index (χ0v) is 12.7. The molecule has 0 spiro atoms. The fourth-order valence-corrected chi connectivity index (χ4v) is 3.26. The normalized spacial score (nSPS) is 24.3. The maximum atomic E-state index is 8.86. The van der Waals surface area contributed by atoms with Gasteiger partial charge in [-0.1, -0.05) is 77.0 Å². The van der Waals surface area contributed by atoms with Crippen LogP contribution in [0.1, 0.15) is 89.9 Å². The van der Waals surface area contributed by atoms with E-state index in [1.165, 1.54) is 77.0 Å². The van der Waals surface area contributed by atoms with Gasteiger partial charge in [-0.05, 0) is 12.8 Å². The van der Waals surface area contributed by atoms with Crippen LogP contribution in [0.15, 0.2) is 0 Å². The van der Waals surface area contributed by atoms with E-state index in [9.17, 15) is 0 Å². The molecule has 2 heteroatoms. The molecule has 19 heavy (non-hydrogen) atoms. The first-order valence-electron chi connectivity index (χ1n) is 8.55. The zero-order valence-electron chi connectivity index (χ0n) is 12.7. The molecule has 0 heterocycles. The molecule has 0 saturated heterocycles. The molecule has 0 unspecified atom stereocenters. The third-order valence-corrected chi connectivity index (χ3v) is 4.84. The highest BCUT2D eigenvalue weighted by Crippen LogP contribution is 2.36. The Kier molecular flexibility index (Phi) is 9.54. The van der Waals surface area contributed by atoms with E-state index in [1.807, 2.05) is 0 Å². The molecule has 0 aromatic rings. The van der Waals surface area contributed by atoms with Crippen LogP contribution >= 0.6 is 0 Å². The molecule has 114 valence electrons. The van der Waals surface area contributed by atoms with Gasteiger partial charge >= 0.3 is 0 Å². The molecule has 0 bridgehead atoms. The molecule has 0 atom stereocenters. The summed E-state index contributed by atoms with van der Waals surface area (Å²) in [5.41, 5.74) is -0.111. The summed E-state index contributed by atoms with van der Waals surface area (Å²) in [6.45, 7) is 0.312. The molecule has 3 rings (SSSR count). The van der Waals surface area contributed by atoms with Crippen LogP contribution in [0.3, 0.4) is 0 Å². The Hall–Kier alpha value is -0.0800. The lowest BCUT2D eigenvalue weighted by atomic mass is 9.89. The number of rotatable bonds is 2. The van der Waals surface area contributed by atoms with Gasteiger partial charge in [-0.2, -0.15) is 0 Å². The molecule has 3 saturated carbocycles. The Bertz CT molecular complexity index is 158. The Morgan fingerprint density at radius 3 is 0.895 bits per heavy atom. The molecule has 3 aliphatic rings. The first-order chi connectivity index (χ1) is 9.33. The Morgan fingerprint density at radius 2 is 0.737 bits per heavy atom. The predicted octanol–water partition coefficient (Wildman–Crippen LogP) is 4.43. The number of aliphatic hydroxyl groups excluding tert-OH is 2. The van der Waals surface area contributed by atoms with Crippen LogP contribution in [-0.4, -0.2) is 23.4 Å². The van der Waals surface area contributed by atoms with Crippen molar-refractivity contribution in [2.75, 3.05) is 13.2 Å². The molecule has 2 N–H and O–H groups in total. The van der Waals surface area contributed by atoms with Crippen LogP contribution in [0.5, 0.6) is 0 Å². The Balaban J connectivity index is 0.000000153. The summed E-state index contributed by atoms with van der Waals surface area (Å²) >= 11 is 0. The van der Waals surface area contributed by atoms with Crippen LogP contribution in [0.2, 0.25) is 0 Å². The van der Waals surface area contributed by atoms with Gasteiger partial charge in [-0.3, -0.25) is 0 Å². The van der Waals surface area contributed by atoms with E-state index in [1.54, 1.807) is 0 Å². The highest BCUT2D eigenvalue weighted by molar-refractivity contribution is 4.82. The summed E-state index contributed by atoms with van der Waals surface area (Å²) in [5, 5.41) is 17.7. The monoisotopic (exact) mass is 270 g/mol. The summed E-state index contributed by atoms with van der Waals surface area (Å²) in [7, 11) is 0. The molecule has 0 aliphatic heterocycles. The topological polar surface area (TPSA) is 40.5 Å². The molecular weight excluding hydrogens is 236 g/mol. The van der Waals surface area contributed by atoms with Crippen molar-refractivity contribution in [3.63, 3.8) is 0 Å². The van der Waals surface area contributed by atoms with Gasteiger partial charge in [-0.15, -0.1) is 0 Å². The van der Waals surface area contributed by atoms with Crippen molar-refractivity contribution in [1.82, 2.24) is 0 Å². The highest BCUT2D eigenvalue weighted by atomic mass is 16.3. The minimum Gasteiger partial charge on any atom is -0.396 e. The van der Waals surface area contributed by atoms with Gasteiger partial charge < -0.3 is 10.2 Å². The Morgan fingerprint density at radius 1 is 0.474 bits per heavy atom. The summed E-state index contributed by atoms with van der Waals surface area (Å²) < 4.78 is 0. The van der Waals surface area contributed by atoms with E-state index in [-0.39, 0.29) is 18.6 Å². The van der Waals surface area contributed by atoms with Crippen molar-refractivity contribution in [1.29, 1.82) is 0 Å². The van der Waals surface area contributed by atoms with Crippen LogP contribution < -0.4 is 0 Å². The fraction of sp³-hybridized carbons (Fsp3) is 1.00. The molecule has 3 aliphatic carbocycles. The van der Waals surface area contributed by atoms with Gasteiger partial charge in [0, 0.05) is 5.41 Å². The second-order valence-corrected chi connectivity index (χ2v) is 6.56. The molecular formula is C17H34O2. The third kappa shape index (κ3) is 7.31. The standard InChI is InChI=1S/C7H14O2.2C5H10/c8-5-7(6-9)3-1-2-4-7;2*1-2-4-5-3-1/h8-9H,1-6H2;2*1-5H2. The van der Waals surface area contributed by atoms with E-state index in [2.05, 4.69) is 0 Å². The Labute approximate surface area is 119 Å². The maximum Gasteiger partial charge on any atom is 0.0509 e. The first-order valence-corrected chi connectivity index (χ1v) is 8.55. The summed E-state index contributed by atoms with van der Waals surface area (Å²) in [6.07, 6.45) is 19.3. The third-order valence-electron chi connectivity index (χ3n) is 4.84. The van der Waals surface area contributed by atoms with Gasteiger partial charge in [0.15, 0.2) is 0 Å². The highest BCUT2D eigenvalue weighted by Gasteiger charge is 2.31. The van der Waals surface area contributed by atoms with Crippen molar-refractivity contribution >= 4 is 0 Å². The fourth-order valence-electron chi connectivity index (χ4n) is 3.26. The number of hydrogen-bond donors (Lipinski definition) is 2. The summed E-state index contributed by atoms with van der Waals surface area (Å²) in [5.74, 6) is 0. The first kappa shape index (κ1) is 17.0. The lowest BCUT2D eigenvalue weighted by Crippen LogP contribution is -2.25. The maximum absolute atomic E-state index is 8.86. The number of aliphatic hydroxyl groups is 2. The average Bonchev–Trinajstić information content (AvgIpc) is 3.24. The van der Waals surface area contributed by atoms with E-state index in [0.29, 0.717) is 0 Å². The molecule has 3 fully saturated rings.